The molecule has 1 aromatic carbocycles. The van der Waals surface area contributed by atoms with Crippen molar-refractivity contribution in [2.45, 2.75) is 13.0 Å². The molecule has 0 aliphatic rings. The number of carbonyl (C=O) groups excluding carboxylic acids is 1. The summed E-state index contributed by atoms with van der Waals surface area (Å²) in [6.45, 7) is 1.88. The first-order chi connectivity index (χ1) is 9.47. The van der Waals surface area contributed by atoms with Crippen LogP contribution in [-0.2, 0) is 0 Å². The predicted molar refractivity (Wildman–Crippen MR) is 86.4 cm³/mol. The molecule has 3 nitrogen and oxygen atoms in total. The van der Waals surface area contributed by atoms with Crippen molar-refractivity contribution in [2.75, 3.05) is 5.32 Å². The van der Waals surface area contributed by atoms with Gasteiger partial charge in [0.25, 0.3) is 0 Å². The maximum Gasteiger partial charge on any atom is 0.319 e. The van der Waals surface area contributed by atoms with Crippen LogP contribution in [0, 0.1) is 0 Å². The molecule has 0 bridgehead atoms. The Morgan fingerprint density at radius 2 is 1.95 bits per heavy atom. The van der Waals surface area contributed by atoms with Crippen LogP contribution in [0.5, 0.6) is 0 Å². The molecule has 20 heavy (non-hydrogen) atoms. The van der Waals surface area contributed by atoms with E-state index < -0.39 is 0 Å². The number of urea groups is 1. The number of hydrogen-bond acceptors (Lipinski definition) is 2. The average molecular weight is 350 g/mol. The predicted octanol–water partition coefficient (Wildman–Crippen LogP) is 5.59. The van der Waals surface area contributed by atoms with Gasteiger partial charge >= 0.3 is 6.03 Å². The van der Waals surface area contributed by atoms with E-state index in [1.165, 1.54) is 11.3 Å². The number of amides is 2. The van der Waals surface area contributed by atoms with Crippen molar-refractivity contribution < 1.29 is 4.79 Å². The maximum atomic E-state index is 11.9. The van der Waals surface area contributed by atoms with Crippen LogP contribution in [0.15, 0.2) is 30.3 Å². The number of nitrogens with one attached hydrogen (secondary N) is 2. The van der Waals surface area contributed by atoms with Gasteiger partial charge in [-0.1, -0.05) is 40.9 Å². The molecule has 1 aromatic heterocycles. The minimum atomic E-state index is -0.355. The minimum absolute atomic E-state index is 0.148. The van der Waals surface area contributed by atoms with Gasteiger partial charge in [-0.2, -0.15) is 0 Å². The van der Waals surface area contributed by atoms with Crippen LogP contribution in [0.1, 0.15) is 17.8 Å². The Balaban J connectivity index is 2.00. The quantitative estimate of drug-likeness (QED) is 0.745. The van der Waals surface area contributed by atoms with Gasteiger partial charge in [0.1, 0.15) is 0 Å². The van der Waals surface area contributed by atoms with Gasteiger partial charge in [0.15, 0.2) is 0 Å². The second-order valence-electron chi connectivity index (χ2n) is 4.06. The van der Waals surface area contributed by atoms with E-state index in [9.17, 15) is 4.79 Å². The normalized spacial score (nSPS) is 12.0. The molecule has 1 atom stereocenters. The lowest BCUT2D eigenvalue weighted by molar-refractivity contribution is 0.249. The average Bonchev–Trinajstić information content (AvgIpc) is 2.82. The van der Waals surface area contributed by atoms with Crippen LogP contribution in [0.2, 0.25) is 14.4 Å². The summed E-state index contributed by atoms with van der Waals surface area (Å²) in [5, 5.41) is 6.18. The van der Waals surface area contributed by atoms with Crippen molar-refractivity contribution >= 4 is 57.9 Å². The summed E-state index contributed by atoms with van der Waals surface area (Å²) in [7, 11) is 0. The summed E-state index contributed by atoms with van der Waals surface area (Å²) >= 11 is 19.2. The lowest BCUT2D eigenvalue weighted by atomic mass is 10.3. The Labute approximate surface area is 135 Å². The van der Waals surface area contributed by atoms with E-state index in [1.807, 2.05) is 13.0 Å². The molecule has 0 aliphatic heterocycles. The highest BCUT2D eigenvalue weighted by Crippen LogP contribution is 2.30. The first-order valence-electron chi connectivity index (χ1n) is 5.74. The monoisotopic (exact) mass is 348 g/mol. The molecule has 2 rings (SSSR count). The number of halogens is 3. The molecule has 2 amide bonds. The molecule has 0 saturated carbocycles. The van der Waals surface area contributed by atoms with Gasteiger partial charge in [-0.25, -0.2) is 4.79 Å². The number of carbonyl (C=O) groups is 1. The van der Waals surface area contributed by atoms with Gasteiger partial charge < -0.3 is 10.6 Å². The van der Waals surface area contributed by atoms with Gasteiger partial charge in [0, 0.05) is 4.88 Å². The lowest BCUT2D eigenvalue weighted by Gasteiger charge is -2.14. The maximum absolute atomic E-state index is 11.9. The fraction of sp³-hybridized carbons (Fsp3) is 0.154. The van der Waals surface area contributed by atoms with Crippen LogP contribution in [0.4, 0.5) is 10.5 Å². The van der Waals surface area contributed by atoms with Crippen LogP contribution in [0.25, 0.3) is 0 Å². The Hall–Kier alpha value is -0.940. The summed E-state index contributed by atoms with van der Waals surface area (Å²) < 4.78 is 0.687. The van der Waals surface area contributed by atoms with Crippen molar-refractivity contribution in [3.63, 3.8) is 0 Å². The SMILES string of the molecule is C[C@H](NC(=O)Nc1cccc(Cl)c1Cl)c1ccc(Cl)s1. The molecule has 0 unspecified atom stereocenters. The van der Waals surface area contributed by atoms with Crippen molar-refractivity contribution in [3.8, 4) is 0 Å². The van der Waals surface area contributed by atoms with Crippen molar-refractivity contribution in [1.29, 1.82) is 0 Å². The molecule has 0 spiro atoms. The summed E-state index contributed by atoms with van der Waals surface area (Å²) in [6.07, 6.45) is 0. The molecule has 0 aliphatic carbocycles. The molecule has 2 N–H and O–H groups in total. The third-order valence-corrected chi connectivity index (χ3v) is 4.80. The topological polar surface area (TPSA) is 41.1 Å². The lowest BCUT2D eigenvalue weighted by Crippen LogP contribution is -2.30. The largest absolute Gasteiger partial charge is 0.331 e. The Kier molecular flexibility index (Phi) is 5.16. The molecule has 0 radical (unpaired) electrons. The third kappa shape index (κ3) is 3.79. The highest BCUT2D eigenvalue weighted by Gasteiger charge is 2.13. The third-order valence-electron chi connectivity index (χ3n) is 2.57. The van der Waals surface area contributed by atoms with E-state index in [4.69, 9.17) is 34.8 Å². The molecule has 1 heterocycles. The number of thiophene rings is 1. The summed E-state index contributed by atoms with van der Waals surface area (Å²) in [5.41, 5.74) is 0.466. The highest BCUT2D eigenvalue weighted by molar-refractivity contribution is 7.16. The van der Waals surface area contributed by atoms with Gasteiger partial charge in [0.2, 0.25) is 0 Å². The van der Waals surface area contributed by atoms with E-state index >= 15 is 0 Å². The Bertz CT molecular complexity index is 630. The molecular weight excluding hydrogens is 339 g/mol. The standard InChI is InChI=1S/C13H11Cl3N2OS/c1-7(10-5-6-11(15)20-10)17-13(19)18-9-4-2-3-8(14)12(9)16/h2-7H,1H3,(H2,17,18,19)/t7-/m0/s1. The number of rotatable bonds is 3. The highest BCUT2D eigenvalue weighted by atomic mass is 35.5. The van der Waals surface area contributed by atoms with Crippen LogP contribution >= 0.6 is 46.1 Å². The van der Waals surface area contributed by atoms with Crippen LogP contribution in [0.3, 0.4) is 0 Å². The number of benzene rings is 1. The first-order valence-corrected chi connectivity index (χ1v) is 7.69. The fourth-order valence-corrected chi connectivity index (χ4v) is 3.00. The molecule has 2 aromatic rings. The number of anilines is 1. The minimum Gasteiger partial charge on any atom is -0.331 e. The van der Waals surface area contributed by atoms with E-state index in [0.717, 1.165) is 4.88 Å². The first kappa shape index (κ1) is 15.4. The molecular formula is C13H11Cl3N2OS. The van der Waals surface area contributed by atoms with Gasteiger partial charge in [-0.05, 0) is 31.2 Å². The second kappa shape index (κ2) is 6.68. The van der Waals surface area contributed by atoms with Gasteiger partial charge in [-0.3, -0.25) is 0 Å². The van der Waals surface area contributed by atoms with E-state index in [0.29, 0.717) is 20.1 Å². The van der Waals surface area contributed by atoms with Crippen molar-refractivity contribution in [1.82, 2.24) is 5.32 Å². The van der Waals surface area contributed by atoms with Crippen molar-refractivity contribution in [2.24, 2.45) is 0 Å². The molecule has 106 valence electrons. The Morgan fingerprint density at radius 3 is 2.60 bits per heavy atom. The van der Waals surface area contributed by atoms with Crippen molar-refractivity contribution in [3.05, 3.63) is 49.6 Å². The van der Waals surface area contributed by atoms with E-state index in [1.54, 1.807) is 24.3 Å². The van der Waals surface area contributed by atoms with E-state index in [-0.39, 0.29) is 12.1 Å². The summed E-state index contributed by atoms with van der Waals surface area (Å²) in [6, 6.07) is 8.22. The van der Waals surface area contributed by atoms with Crippen LogP contribution in [-0.4, -0.2) is 6.03 Å². The van der Waals surface area contributed by atoms with Gasteiger partial charge in [0.05, 0.1) is 26.1 Å². The second-order valence-corrected chi connectivity index (χ2v) is 6.60. The van der Waals surface area contributed by atoms with Crippen LogP contribution < -0.4 is 10.6 Å². The number of hydrogen-bond donors (Lipinski definition) is 2. The Morgan fingerprint density at radius 1 is 1.20 bits per heavy atom. The molecule has 7 heteroatoms. The zero-order chi connectivity index (χ0) is 14.7. The molecule has 0 fully saturated rings. The zero-order valence-corrected chi connectivity index (χ0v) is 13.5. The summed E-state index contributed by atoms with van der Waals surface area (Å²) in [5.74, 6) is 0. The van der Waals surface area contributed by atoms with Gasteiger partial charge in [-0.15, -0.1) is 11.3 Å². The summed E-state index contributed by atoms with van der Waals surface area (Å²) in [4.78, 5) is 12.9. The fourth-order valence-electron chi connectivity index (χ4n) is 1.59. The smallest absolute Gasteiger partial charge is 0.319 e. The zero-order valence-electron chi connectivity index (χ0n) is 10.4. The molecule has 0 saturated heterocycles. The van der Waals surface area contributed by atoms with E-state index in [2.05, 4.69) is 10.6 Å².